The number of rotatable bonds is 7. The van der Waals surface area contributed by atoms with Gasteiger partial charge in [0.05, 0.1) is 5.60 Å². The number of halogens is 2. The van der Waals surface area contributed by atoms with Gasteiger partial charge in [-0.2, -0.15) is 0 Å². The maximum Gasteiger partial charge on any atom is 0.0808 e. The van der Waals surface area contributed by atoms with Crippen molar-refractivity contribution < 1.29 is 5.11 Å². The van der Waals surface area contributed by atoms with Gasteiger partial charge >= 0.3 is 0 Å². The van der Waals surface area contributed by atoms with Gasteiger partial charge in [-0.1, -0.05) is 48.3 Å². The topological polar surface area (TPSA) is 32.3 Å². The van der Waals surface area contributed by atoms with E-state index < -0.39 is 5.60 Å². The van der Waals surface area contributed by atoms with E-state index in [9.17, 15) is 5.11 Å². The zero-order chi connectivity index (χ0) is 17.7. The Kier molecular flexibility index (Phi) is 7.02. The summed E-state index contributed by atoms with van der Waals surface area (Å²) in [5, 5.41) is 14.9. The van der Waals surface area contributed by atoms with Crippen LogP contribution in [-0.4, -0.2) is 24.3 Å². The molecule has 24 heavy (non-hydrogen) atoms. The fraction of sp³-hybridized carbons (Fsp3) is 0.368. The summed E-state index contributed by atoms with van der Waals surface area (Å²) >= 11 is 13.9. The van der Waals surface area contributed by atoms with E-state index in [1.54, 1.807) is 17.8 Å². The summed E-state index contributed by atoms with van der Waals surface area (Å²) in [5.74, 6) is 0.845. The number of thioether (sulfide) groups is 1. The second-order valence-corrected chi connectivity index (χ2v) is 8.10. The van der Waals surface area contributed by atoms with Gasteiger partial charge in [-0.25, -0.2) is 0 Å². The van der Waals surface area contributed by atoms with E-state index in [4.69, 9.17) is 23.2 Å². The zero-order valence-electron chi connectivity index (χ0n) is 14.1. The Morgan fingerprint density at radius 2 is 1.83 bits per heavy atom. The first-order chi connectivity index (χ1) is 11.3. The van der Waals surface area contributed by atoms with E-state index in [2.05, 4.69) is 29.6 Å². The van der Waals surface area contributed by atoms with Crippen molar-refractivity contribution in [1.29, 1.82) is 0 Å². The molecule has 0 amide bonds. The standard InChI is InChI=1S/C19H23Cl2NOS/c1-13(19(2,23)12-22-3)14-5-8-17(9-6-14)24-11-15-4-7-16(20)10-18(15)21/h4-10,13,22-23H,11-12H2,1-3H3. The van der Waals surface area contributed by atoms with Crippen molar-refractivity contribution in [2.75, 3.05) is 13.6 Å². The van der Waals surface area contributed by atoms with Gasteiger partial charge in [-0.15, -0.1) is 11.8 Å². The van der Waals surface area contributed by atoms with Crippen molar-refractivity contribution in [3.05, 3.63) is 63.6 Å². The molecule has 0 radical (unpaired) electrons. The Balaban J connectivity index is 2.01. The molecule has 0 bridgehead atoms. The van der Waals surface area contributed by atoms with Crippen LogP contribution >= 0.6 is 35.0 Å². The van der Waals surface area contributed by atoms with Crippen LogP contribution in [0.5, 0.6) is 0 Å². The third kappa shape index (κ3) is 5.14. The summed E-state index contributed by atoms with van der Waals surface area (Å²) in [4.78, 5) is 1.17. The van der Waals surface area contributed by atoms with Gasteiger partial charge in [0, 0.05) is 33.2 Å². The number of aliphatic hydroxyl groups is 1. The van der Waals surface area contributed by atoms with E-state index in [-0.39, 0.29) is 5.92 Å². The molecular formula is C19H23Cl2NOS. The Morgan fingerprint density at radius 1 is 1.17 bits per heavy atom. The van der Waals surface area contributed by atoms with Crippen LogP contribution in [0.4, 0.5) is 0 Å². The number of benzene rings is 2. The van der Waals surface area contributed by atoms with Crippen LogP contribution in [0.3, 0.4) is 0 Å². The van der Waals surface area contributed by atoms with Gasteiger partial charge < -0.3 is 10.4 Å². The molecule has 0 aliphatic heterocycles. The fourth-order valence-electron chi connectivity index (χ4n) is 2.52. The molecule has 2 nitrogen and oxygen atoms in total. The highest BCUT2D eigenvalue weighted by molar-refractivity contribution is 7.98. The maximum atomic E-state index is 10.5. The zero-order valence-corrected chi connectivity index (χ0v) is 16.5. The first kappa shape index (κ1) is 19.6. The van der Waals surface area contributed by atoms with Crippen LogP contribution in [0.1, 0.15) is 30.9 Å². The molecule has 0 saturated carbocycles. The second-order valence-electron chi connectivity index (χ2n) is 6.20. The minimum Gasteiger partial charge on any atom is -0.388 e. The average molecular weight is 384 g/mol. The Bertz CT molecular complexity index is 674. The second kappa shape index (κ2) is 8.59. The van der Waals surface area contributed by atoms with Gasteiger partial charge in [0.25, 0.3) is 0 Å². The molecule has 2 N–H and O–H groups in total. The van der Waals surface area contributed by atoms with Gasteiger partial charge in [0.15, 0.2) is 0 Å². The molecule has 5 heteroatoms. The van der Waals surface area contributed by atoms with E-state index in [0.717, 1.165) is 16.9 Å². The van der Waals surface area contributed by atoms with Crippen molar-refractivity contribution in [2.24, 2.45) is 0 Å². The smallest absolute Gasteiger partial charge is 0.0808 e. The molecule has 2 unspecified atom stereocenters. The van der Waals surface area contributed by atoms with Gasteiger partial charge in [0.2, 0.25) is 0 Å². The van der Waals surface area contributed by atoms with Crippen LogP contribution in [0.25, 0.3) is 0 Å². The molecule has 0 saturated heterocycles. The molecule has 2 atom stereocenters. The Hall–Kier alpha value is -0.710. The molecule has 0 aliphatic carbocycles. The molecule has 130 valence electrons. The van der Waals surface area contributed by atoms with E-state index in [1.165, 1.54) is 4.90 Å². The third-order valence-electron chi connectivity index (χ3n) is 4.26. The molecule has 0 aromatic heterocycles. The van der Waals surface area contributed by atoms with Gasteiger partial charge in [0.1, 0.15) is 0 Å². The number of likely N-dealkylation sites (N-methyl/N-ethyl adjacent to an activating group) is 1. The minimum atomic E-state index is -0.778. The highest BCUT2D eigenvalue weighted by Crippen LogP contribution is 2.31. The Morgan fingerprint density at radius 3 is 2.42 bits per heavy atom. The van der Waals surface area contributed by atoms with Gasteiger partial charge in [-0.3, -0.25) is 0 Å². The van der Waals surface area contributed by atoms with Crippen LogP contribution in [0, 0.1) is 0 Å². The van der Waals surface area contributed by atoms with Crippen molar-refractivity contribution >= 4 is 35.0 Å². The largest absolute Gasteiger partial charge is 0.388 e. The number of hydrogen-bond acceptors (Lipinski definition) is 3. The van der Waals surface area contributed by atoms with Gasteiger partial charge in [-0.05, 0) is 49.4 Å². The summed E-state index contributed by atoms with van der Waals surface area (Å²) in [6.07, 6.45) is 0. The van der Waals surface area contributed by atoms with Crippen LogP contribution in [-0.2, 0) is 5.75 Å². The van der Waals surface area contributed by atoms with Crippen LogP contribution in [0.2, 0.25) is 10.0 Å². The van der Waals surface area contributed by atoms with Crippen LogP contribution < -0.4 is 5.32 Å². The molecular weight excluding hydrogens is 361 g/mol. The maximum absolute atomic E-state index is 10.5. The molecule has 0 spiro atoms. The first-order valence-electron chi connectivity index (χ1n) is 7.87. The van der Waals surface area contributed by atoms with E-state index in [1.807, 2.05) is 33.0 Å². The lowest BCUT2D eigenvalue weighted by atomic mass is 9.85. The quantitative estimate of drug-likeness (QED) is 0.631. The van der Waals surface area contributed by atoms with Crippen molar-refractivity contribution in [2.45, 2.75) is 36.0 Å². The van der Waals surface area contributed by atoms with Crippen LogP contribution in [0.15, 0.2) is 47.4 Å². The number of hydrogen-bond donors (Lipinski definition) is 2. The summed E-state index contributed by atoms with van der Waals surface area (Å²) < 4.78 is 0. The van der Waals surface area contributed by atoms with E-state index in [0.29, 0.717) is 16.6 Å². The Labute approximate surface area is 158 Å². The average Bonchev–Trinajstić information content (AvgIpc) is 2.54. The van der Waals surface area contributed by atoms with Crippen molar-refractivity contribution in [1.82, 2.24) is 5.32 Å². The first-order valence-corrected chi connectivity index (χ1v) is 9.61. The van der Waals surface area contributed by atoms with Crippen molar-refractivity contribution in [3.8, 4) is 0 Å². The third-order valence-corrected chi connectivity index (χ3v) is 5.90. The highest BCUT2D eigenvalue weighted by atomic mass is 35.5. The molecule has 2 aromatic carbocycles. The minimum absolute atomic E-state index is 0.0507. The molecule has 0 aliphatic rings. The van der Waals surface area contributed by atoms with Crippen molar-refractivity contribution in [3.63, 3.8) is 0 Å². The predicted molar refractivity (Wildman–Crippen MR) is 105 cm³/mol. The molecule has 0 heterocycles. The molecule has 2 rings (SSSR count). The summed E-state index contributed by atoms with van der Waals surface area (Å²) in [5.41, 5.74) is 1.42. The van der Waals surface area contributed by atoms with E-state index >= 15 is 0 Å². The normalized spacial score (nSPS) is 15.1. The molecule has 0 fully saturated rings. The number of nitrogens with one attached hydrogen (secondary N) is 1. The summed E-state index contributed by atoms with van der Waals surface area (Å²) in [6.45, 7) is 4.46. The summed E-state index contributed by atoms with van der Waals surface area (Å²) in [7, 11) is 1.85. The lowest BCUT2D eigenvalue weighted by Crippen LogP contribution is -2.40. The monoisotopic (exact) mass is 383 g/mol. The fourth-order valence-corrected chi connectivity index (χ4v) is 3.98. The SMILES string of the molecule is CNCC(C)(O)C(C)c1ccc(SCc2ccc(Cl)cc2Cl)cc1. The predicted octanol–water partition coefficient (Wildman–Crippen LogP) is 5.36. The highest BCUT2D eigenvalue weighted by Gasteiger charge is 2.28. The summed E-state index contributed by atoms with van der Waals surface area (Å²) in [6, 6.07) is 13.9. The lowest BCUT2D eigenvalue weighted by Gasteiger charge is -2.30. The molecule has 2 aromatic rings. The lowest BCUT2D eigenvalue weighted by molar-refractivity contribution is 0.0382.